The number of carbonyl (C=O) groups is 1. The Hall–Kier alpha value is -3.54. The molecular weight excluding hydrogens is 342 g/mol. The van der Waals surface area contributed by atoms with Gasteiger partial charge in [0.1, 0.15) is 11.5 Å². The van der Waals surface area contributed by atoms with Crippen molar-refractivity contribution in [2.24, 2.45) is 0 Å². The van der Waals surface area contributed by atoms with E-state index in [1.54, 1.807) is 12.1 Å². The maximum absolute atomic E-state index is 11.7. The number of nitrogens with one attached hydrogen (secondary N) is 3. The van der Waals surface area contributed by atoms with E-state index < -0.39 is 5.97 Å². The lowest BCUT2D eigenvalue weighted by molar-refractivity contribution is 0.0691. The molecule has 0 radical (unpaired) electrons. The predicted octanol–water partition coefficient (Wildman–Crippen LogP) is 4.57. The zero-order valence-electron chi connectivity index (χ0n) is 15.0. The van der Waals surface area contributed by atoms with Crippen LogP contribution in [0.1, 0.15) is 35.8 Å². The number of pyridine rings is 1. The van der Waals surface area contributed by atoms with E-state index in [9.17, 15) is 14.7 Å². The molecule has 0 atom stereocenters. The average molecular weight is 361 g/mol. The summed E-state index contributed by atoms with van der Waals surface area (Å²) >= 11 is 0. The van der Waals surface area contributed by atoms with Gasteiger partial charge in [0.2, 0.25) is 0 Å². The van der Waals surface area contributed by atoms with Crippen LogP contribution in [0, 0.1) is 0 Å². The number of hydrogen-bond acceptors (Lipinski definition) is 3. The number of fused-ring (bicyclic) bond motifs is 3. The molecule has 0 fully saturated rings. The number of rotatable bonds is 4. The van der Waals surface area contributed by atoms with Crippen molar-refractivity contribution in [2.75, 3.05) is 5.32 Å². The fourth-order valence-corrected chi connectivity index (χ4v) is 3.25. The average Bonchev–Trinajstić information content (AvgIpc) is 2.99. The molecule has 136 valence electrons. The first-order valence-corrected chi connectivity index (χ1v) is 8.71. The SMILES string of the molecule is CC(C)c1cccc(Nc2[nH]c(C(=O)O)cc3c2[nH]c2cc(=O)ccc23)c1. The van der Waals surface area contributed by atoms with E-state index in [1.807, 2.05) is 18.2 Å². The molecule has 4 N–H and O–H groups in total. The van der Waals surface area contributed by atoms with Crippen molar-refractivity contribution < 1.29 is 9.90 Å². The van der Waals surface area contributed by atoms with E-state index in [4.69, 9.17) is 0 Å². The second-order valence-electron chi connectivity index (χ2n) is 6.89. The second kappa shape index (κ2) is 6.32. The summed E-state index contributed by atoms with van der Waals surface area (Å²) in [7, 11) is 0. The molecule has 4 aromatic rings. The van der Waals surface area contributed by atoms with E-state index >= 15 is 0 Å². The minimum absolute atomic E-state index is 0.0668. The quantitative estimate of drug-likeness (QED) is 0.428. The van der Waals surface area contributed by atoms with Crippen molar-refractivity contribution in [2.45, 2.75) is 19.8 Å². The first kappa shape index (κ1) is 16.9. The number of hydrogen-bond donors (Lipinski definition) is 4. The number of carboxylic acid groups (broad SMARTS) is 1. The van der Waals surface area contributed by atoms with Gasteiger partial charge in [0.25, 0.3) is 0 Å². The zero-order chi connectivity index (χ0) is 19.1. The molecule has 4 rings (SSSR count). The molecule has 6 heteroatoms. The Bertz CT molecular complexity index is 1230. The Morgan fingerprint density at radius 3 is 2.59 bits per heavy atom. The monoisotopic (exact) mass is 361 g/mol. The molecule has 27 heavy (non-hydrogen) atoms. The lowest BCUT2D eigenvalue weighted by atomic mass is 10.0. The van der Waals surface area contributed by atoms with Gasteiger partial charge in [-0.2, -0.15) is 0 Å². The molecule has 0 unspecified atom stereocenters. The molecular formula is C21H19N3O3. The highest BCUT2D eigenvalue weighted by Crippen LogP contribution is 2.31. The maximum Gasteiger partial charge on any atom is 0.352 e. The molecule has 2 aromatic carbocycles. The summed E-state index contributed by atoms with van der Waals surface area (Å²) < 4.78 is 0. The topological polar surface area (TPSA) is 98.0 Å². The number of aromatic carboxylic acids is 1. The van der Waals surface area contributed by atoms with Crippen LogP contribution in [-0.4, -0.2) is 21.0 Å². The maximum atomic E-state index is 11.7. The molecule has 6 nitrogen and oxygen atoms in total. The fourth-order valence-electron chi connectivity index (χ4n) is 3.25. The van der Waals surface area contributed by atoms with Gasteiger partial charge in [0.15, 0.2) is 5.43 Å². The van der Waals surface area contributed by atoms with Gasteiger partial charge in [0.05, 0.1) is 11.0 Å². The van der Waals surface area contributed by atoms with E-state index in [2.05, 4.69) is 35.2 Å². The Balaban J connectivity index is 1.93. The number of aromatic nitrogens is 2. The normalized spacial score (nSPS) is 11.4. The zero-order valence-corrected chi connectivity index (χ0v) is 15.0. The van der Waals surface area contributed by atoms with Crippen molar-refractivity contribution in [1.82, 2.24) is 9.97 Å². The number of benzene rings is 2. The van der Waals surface area contributed by atoms with Crippen LogP contribution < -0.4 is 10.7 Å². The van der Waals surface area contributed by atoms with Gasteiger partial charge in [-0.15, -0.1) is 0 Å². The molecule has 0 bridgehead atoms. The van der Waals surface area contributed by atoms with Gasteiger partial charge >= 0.3 is 5.97 Å². The first-order chi connectivity index (χ1) is 12.9. The highest BCUT2D eigenvalue weighted by molar-refractivity contribution is 6.12. The van der Waals surface area contributed by atoms with Crippen LogP contribution in [0.15, 0.2) is 53.3 Å². The van der Waals surface area contributed by atoms with Crippen LogP contribution in [0.5, 0.6) is 0 Å². The second-order valence-corrected chi connectivity index (χ2v) is 6.89. The standard InChI is InChI=1S/C21H19N3O3/c1-11(2)12-4-3-5-13(8-12)22-20-19-16(10-18(24-20)21(26)27)15-7-6-14(25)9-17(15)23-19/h3-11,22-24H,1-2H3,(H,26,27). The summed E-state index contributed by atoms with van der Waals surface area (Å²) in [6.45, 7) is 4.24. The molecule has 0 saturated heterocycles. The number of carboxylic acids is 1. The van der Waals surface area contributed by atoms with Crippen molar-refractivity contribution in [3.8, 4) is 0 Å². The van der Waals surface area contributed by atoms with Crippen molar-refractivity contribution >= 4 is 39.3 Å². The van der Waals surface area contributed by atoms with Crippen LogP contribution in [0.2, 0.25) is 0 Å². The van der Waals surface area contributed by atoms with E-state index in [1.165, 1.54) is 17.7 Å². The third-order valence-corrected chi connectivity index (χ3v) is 4.66. The largest absolute Gasteiger partial charge is 0.477 e. The number of anilines is 2. The molecule has 2 aromatic heterocycles. The molecule has 0 amide bonds. The summed E-state index contributed by atoms with van der Waals surface area (Å²) in [6, 6.07) is 14.3. The molecule has 0 aliphatic carbocycles. The third-order valence-electron chi connectivity index (χ3n) is 4.66. The Morgan fingerprint density at radius 2 is 1.85 bits per heavy atom. The van der Waals surface area contributed by atoms with Crippen LogP contribution in [-0.2, 0) is 0 Å². The predicted molar refractivity (Wildman–Crippen MR) is 107 cm³/mol. The Kier molecular flexibility index (Phi) is 3.96. The van der Waals surface area contributed by atoms with Crippen LogP contribution >= 0.6 is 0 Å². The van der Waals surface area contributed by atoms with Crippen molar-refractivity contribution in [1.29, 1.82) is 0 Å². The van der Waals surface area contributed by atoms with Crippen LogP contribution in [0.3, 0.4) is 0 Å². The van der Waals surface area contributed by atoms with Gasteiger partial charge in [-0.1, -0.05) is 26.0 Å². The Labute approximate surface area is 154 Å². The highest BCUT2D eigenvalue weighted by atomic mass is 16.4. The van der Waals surface area contributed by atoms with E-state index in [0.29, 0.717) is 17.3 Å². The van der Waals surface area contributed by atoms with Crippen molar-refractivity contribution in [3.05, 3.63) is 70.0 Å². The summed E-state index contributed by atoms with van der Waals surface area (Å²) in [5, 5.41) is 14.3. The van der Waals surface area contributed by atoms with Gasteiger partial charge in [-0.05, 0) is 41.8 Å². The molecule has 2 heterocycles. The fraction of sp³-hybridized carbons (Fsp3) is 0.143. The minimum Gasteiger partial charge on any atom is -0.477 e. The summed E-state index contributed by atoms with van der Waals surface area (Å²) in [6.07, 6.45) is 0. The van der Waals surface area contributed by atoms with Gasteiger partial charge < -0.3 is 20.4 Å². The first-order valence-electron chi connectivity index (χ1n) is 8.71. The third kappa shape index (κ3) is 3.06. The molecule has 0 saturated carbocycles. The number of H-pyrrole nitrogens is 2. The summed E-state index contributed by atoms with van der Waals surface area (Å²) in [4.78, 5) is 29.4. The lowest BCUT2D eigenvalue weighted by Gasteiger charge is -2.12. The molecule has 0 spiro atoms. The smallest absolute Gasteiger partial charge is 0.352 e. The van der Waals surface area contributed by atoms with Crippen LogP contribution in [0.25, 0.3) is 21.8 Å². The highest BCUT2D eigenvalue weighted by Gasteiger charge is 2.14. The minimum atomic E-state index is -1.05. The lowest BCUT2D eigenvalue weighted by Crippen LogP contribution is -2.04. The van der Waals surface area contributed by atoms with E-state index in [0.717, 1.165) is 22.0 Å². The van der Waals surface area contributed by atoms with Gasteiger partial charge in [-0.3, -0.25) is 4.79 Å². The van der Waals surface area contributed by atoms with Crippen molar-refractivity contribution in [3.63, 3.8) is 0 Å². The number of aromatic amines is 2. The van der Waals surface area contributed by atoms with Gasteiger partial charge in [-0.25, -0.2) is 4.79 Å². The molecule has 0 aliphatic rings. The van der Waals surface area contributed by atoms with E-state index in [-0.39, 0.29) is 11.1 Å². The summed E-state index contributed by atoms with van der Waals surface area (Å²) in [5.41, 5.74) is 3.39. The van der Waals surface area contributed by atoms with Gasteiger partial charge in [0, 0.05) is 22.5 Å². The van der Waals surface area contributed by atoms with Crippen LogP contribution in [0.4, 0.5) is 11.5 Å². The molecule has 0 aliphatic heterocycles. The Morgan fingerprint density at radius 1 is 1.04 bits per heavy atom. The summed E-state index contributed by atoms with van der Waals surface area (Å²) in [5.74, 6) is -0.134.